The lowest BCUT2D eigenvalue weighted by Crippen LogP contribution is -2.26. The van der Waals surface area contributed by atoms with Crippen LogP contribution < -0.4 is 9.75 Å². The summed E-state index contributed by atoms with van der Waals surface area (Å²) in [6, 6.07) is 5.83. The van der Waals surface area contributed by atoms with Gasteiger partial charge in [-0.3, -0.25) is 0 Å². The standard InChI is InChI=1S/C12H16ClN3O/c1-8(13)12-14-10-7-9(17-4)5-6-11(10)16(12)15(2)3/h5-8H,1-4H3. The summed E-state index contributed by atoms with van der Waals surface area (Å²) < 4.78 is 7.20. The lowest BCUT2D eigenvalue weighted by Gasteiger charge is -2.19. The van der Waals surface area contributed by atoms with E-state index in [0.29, 0.717) is 0 Å². The summed E-state index contributed by atoms with van der Waals surface area (Å²) in [7, 11) is 5.58. The van der Waals surface area contributed by atoms with Gasteiger partial charge >= 0.3 is 0 Å². The summed E-state index contributed by atoms with van der Waals surface area (Å²) in [4.78, 5) is 4.55. The van der Waals surface area contributed by atoms with Crippen molar-refractivity contribution in [1.82, 2.24) is 9.66 Å². The quantitative estimate of drug-likeness (QED) is 0.788. The van der Waals surface area contributed by atoms with Gasteiger partial charge < -0.3 is 9.75 Å². The highest BCUT2D eigenvalue weighted by atomic mass is 35.5. The molecule has 4 nitrogen and oxygen atoms in total. The normalized spacial score (nSPS) is 12.8. The number of nitrogens with zero attached hydrogens (tertiary/aromatic N) is 3. The van der Waals surface area contributed by atoms with E-state index in [9.17, 15) is 0 Å². The van der Waals surface area contributed by atoms with Crippen LogP contribution in [-0.4, -0.2) is 30.9 Å². The van der Waals surface area contributed by atoms with Crippen LogP contribution in [0.15, 0.2) is 18.2 Å². The molecule has 1 unspecified atom stereocenters. The molecule has 0 aliphatic heterocycles. The molecule has 0 aliphatic rings. The number of hydrogen-bond donors (Lipinski definition) is 0. The molecule has 92 valence electrons. The second-order valence-corrected chi connectivity index (χ2v) is 4.75. The van der Waals surface area contributed by atoms with Gasteiger partial charge in [0.2, 0.25) is 0 Å². The number of hydrogen-bond acceptors (Lipinski definition) is 3. The Balaban J connectivity index is 2.70. The Hall–Kier alpha value is -1.42. The molecule has 0 spiro atoms. The molecule has 0 N–H and O–H groups in total. The molecule has 2 rings (SSSR count). The van der Waals surface area contributed by atoms with Crippen molar-refractivity contribution in [3.05, 3.63) is 24.0 Å². The fourth-order valence-electron chi connectivity index (χ4n) is 1.87. The smallest absolute Gasteiger partial charge is 0.146 e. The average Bonchev–Trinajstić information content (AvgIpc) is 2.66. The first kappa shape index (κ1) is 12.0. The van der Waals surface area contributed by atoms with Gasteiger partial charge in [-0.2, -0.15) is 0 Å². The summed E-state index contributed by atoms with van der Waals surface area (Å²) in [6.07, 6.45) is 0. The lowest BCUT2D eigenvalue weighted by molar-refractivity contribution is 0.415. The molecule has 1 atom stereocenters. The monoisotopic (exact) mass is 253 g/mol. The van der Waals surface area contributed by atoms with E-state index >= 15 is 0 Å². The number of benzene rings is 1. The van der Waals surface area contributed by atoms with Crippen LogP contribution in [0.5, 0.6) is 5.75 Å². The zero-order chi connectivity index (χ0) is 12.6. The van der Waals surface area contributed by atoms with Crippen molar-refractivity contribution in [2.75, 3.05) is 26.2 Å². The minimum atomic E-state index is -0.143. The number of alkyl halides is 1. The number of methoxy groups -OCH3 is 1. The molecule has 0 radical (unpaired) electrons. The second kappa shape index (κ2) is 4.45. The molecule has 5 heteroatoms. The first-order valence-electron chi connectivity index (χ1n) is 5.42. The van der Waals surface area contributed by atoms with E-state index in [1.165, 1.54) is 0 Å². The Kier molecular flexibility index (Phi) is 3.15. The fraction of sp³-hybridized carbons (Fsp3) is 0.417. The van der Waals surface area contributed by atoms with Crippen LogP contribution >= 0.6 is 11.6 Å². The molecule has 0 aliphatic carbocycles. The Morgan fingerprint density at radius 2 is 2.12 bits per heavy atom. The minimum Gasteiger partial charge on any atom is -0.497 e. The van der Waals surface area contributed by atoms with Crippen LogP contribution in [0.2, 0.25) is 0 Å². The van der Waals surface area contributed by atoms with Crippen LogP contribution in [0.3, 0.4) is 0 Å². The highest BCUT2D eigenvalue weighted by Gasteiger charge is 2.16. The zero-order valence-corrected chi connectivity index (χ0v) is 11.2. The van der Waals surface area contributed by atoms with Crippen LogP contribution in [0.25, 0.3) is 11.0 Å². The van der Waals surface area contributed by atoms with E-state index < -0.39 is 0 Å². The van der Waals surface area contributed by atoms with Crippen molar-refractivity contribution in [3.8, 4) is 5.75 Å². The Bertz CT molecular complexity index is 534. The third-order valence-corrected chi connectivity index (χ3v) is 2.81. The summed E-state index contributed by atoms with van der Waals surface area (Å²) in [5.74, 6) is 1.63. The molecule has 0 fully saturated rings. The summed E-state index contributed by atoms with van der Waals surface area (Å²) in [6.45, 7) is 1.92. The van der Waals surface area contributed by atoms with Crippen LogP contribution in [0.4, 0.5) is 0 Å². The van der Waals surface area contributed by atoms with Gasteiger partial charge in [0.25, 0.3) is 0 Å². The summed E-state index contributed by atoms with van der Waals surface area (Å²) in [5, 5.41) is 1.83. The van der Waals surface area contributed by atoms with E-state index in [1.807, 2.05) is 48.9 Å². The third-order valence-electron chi connectivity index (χ3n) is 2.62. The number of rotatable bonds is 3. The number of aromatic nitrogens is 2. The van der Waals surface area contributed by atoms with Crippen molar-refractivity contribution in [2.24, 2.45) is 0 Å². The number of ether oxygens (including phenoxy) is 1. The maximum absolute atomic E-state index is 6.16. The van der Waals surface area contributed by atoms with Crippen molar-refractivity contribution in [1.29, 1.82) is 0 Å². The molecule has 1 heterocycles. The SMILES string of the molecule is COc1ccc2c(c1)nc(C(C)Cl)n2N(C)C. The molecular weight excluding hydrogens is 238 g/mol. The maximum Gasteiger partial charge on any atom is 0.146 e. The maximum atomic E-state index is 6.16. The van der Waals surface area contributed by atoms with Gasteiger partial charge in [-0.25, -0.2) is 9.66 Å². The highest BCUT2D eigenvalue weighted by Crippen LogP contribution is 2.26. The molecular formula is C12H16ClN3O. The number of imidazole rings is 1. The minimum absolute atomic E-state index is 0.143. The Morgan fingerprint density at radius 3 is 2.65 bits per heavy atom. The van der Waals surface area contributed by atoms with Gasteiger partial charge in [-0.15, -0.1) is 11.6 Å². The average molecular weight is 254 g/mol. The Labute approximate surface area is 106 Å². The van der Waals surface area contributed by atoms with E-state index in [4.69, 9.17) is 16.3 Å². The van der Waals surface area contributed by atoms with E-state index in [-0.39, 0.29) is 5.38 Å². The van der Waals surface area contributed by atoms with Gasteiger partial charge in [0.1, 0.15) is 11.6 Å². The summed E-state index contributed by atoms with van der Waals surface area (Å²) in [5.41, 5.74) is 1.92. The number of halogens is 1. The lowest BCUT2D eigenvalue weighted by atomic mass is 10.3. The van der Waals surface area contributed by atoms with E-state index in [2.05, 4.69) is 4.98 Å². The van der Waals surface area contributed by atoms with Crippen molar-refractivity contribution in [3.63, 3.8) is 0 Å². The molecule has 0 saturated heterocycles. The van der Waals surface area contributed by atoms with Crippen molar-refractivity contribution >= 4 is 22.6 Å². The van der Waals surface area contributed by atoms with Gasteiger partial charge in [0, 0.05) is 20.2 Å². The number of fused-ring (bicyclic) bond motifs is 1. The molecule has 0 amide bonds. The molecule has 17 heavy (non-hydrogen) atoms. The van der Waals surface area contributed by atoms with Crippen LogP contribution in [-0.2, 0) is 0 Å². The van der Waals surface area contributed by atoms with E-state index in [0.717, 1.165) is 22.6 Å². The Morgan fingerprint density at radius 1 is 1.41 bits per heavy atom. The van der Waals surface area contributed by atoms with E-state index in [1.54, 1.807) is 7.11 Å². The highest BCUT2D eigenvalue weighted by molar-refractivity contribution is 6.20. The van der Waals surface area contributed by atoms with Crippen LogP contribution in [0.1, 0.15) is 18.1 Å². The van der Waals surface area contributed by atoms with Crippen LogP contribution in [0, 0.1) is 0 Å². The molecule has 0 bridgehead atoms. The summed E-state index contributed by atoms with van der Waals surface area (Å²) >= 11 is 6.16. The molecule has 1 aromatic carbocycles. The van der Waals surface area contributed by atoms with Gasteiger partial charge in [0.15, 0.2) is 0 Å². The van der Waals surface area contributed by atoms with Crippen molar-refractivity contribution in [2.45, 2.75) is 12.3 Å². The van der Waals surface area contributed by atoms with Gasteiger partial charge in [0.05, 0.1) is 23.5 Å². The first-order chi connectivity index (χ1) is 8.04. The third kappa shape index (κ3) is 2.05. The predicted octanol–water partition coefficient (Wildman–Crippen LogP) is 2.54. The zero-order valence-electron chi connectivity index (χ0n) is 10.4. The molecule has 2 aromatic rings. The fourth-order valence-corrected chi connectivity index (χ4v) is 2.01. The second-order valence-electron chi connectivity index (χ2n) is 4.10. The van der Waals surface area contributed by atoms with Crippen molar-refractivity contribution < 1.29 is 4.74 Å². The predicted molar refractivity (Wildman–Crippen MR) is 70.6 cm³/mol. The molecule has 0 saturated carbocycles. The van der Waals surface area contributed by atoms with Gasteiger partial charge in [-0.1, -0.05) is 0 Å². The first-order valence-corrected chi connectivity index (χ1v) is 5.86. The van der Waals surface area contributed by atoms with Gasteiger partial charge in [-0.05, 0) is 19.1 Å². The molecule has 1 aromatic heterocycles. The topological polar surface area (TPSA) is 30.3 Å². The largest absolute Gasteiger partial charge is 0.497 e.